The second-order valence-corrected chi connectivity index (χ2v) is 4.43. The zero-order valence-corrected chi connectivity index (χ0v) is 10.2. The number of fused-ring (bicyclic) bond motifs is 1. The van der Waals surface area contributed by atoms with E-state index in [1.807, 2.05) is 20.0 Å². The van der Waals surface area contributed by atoms with Crippen LogP contribution >= 0.6 is 0 Å². The minimum absolute atomic E-state index is 0.244. The van der Waals surface area contributed by atoms with Crippen molar-refractivity contribution in [2.75, 3.05) is 5.73 Å². The van der Waals surface area contributed by atoms with Crippen LogP contribution in [0.2, 0.25) is 0 Å². The summed E-state index contributed by atoms with van der Waals surface area (Å²) in [5.41, 5.74) is 10.4. The molecule has 0 radical (unpaired) electrons. The standard InChI is InChI=1S/C13H14N4O/c1-7-12(13-10(14)6-15-17(13)2)9-4-3-8(18)5-11(9)16-7/h3-6,16,18H,14H2,1-2H3. The summed E-state index contributed by atoms with van der Waals surface area (Å²) in [5.74, 6) is 0.244. The van der Waals surface area contributed by atoms with Gasteiger partial charge in [0.05, 0.1) is 17.6 Å². The van der Waals surface area contributed by atoms with Gasteiger partial charge in [-0.2, -0.15) is 5.10 Å². The largest absolute Gasteiger partial charge is 0.508 e. The first kappa shape index (κ1) is 10.7. The Kier molecular flexibility index (Phi) is 2.10. The van der Waals surface area contributed by atoms with Crippen molar-refractivity contribution in [3.8, 4) is 17.0 Å². The van der Waals surface area contributed by atoms with Crippen molar-refractivity contribution in [3.63, 3.8) is 0 Å². The van der Waals surface area contributed by atoms with Crippen LogP contribution < -0.4 is 5.73 Å². The number of hydrogen-bond acceptors (Lipinski definition) is 3. The molecule has 2 heterocycles. The zero-order valence-electron chi connectivity index (χ0n) is 10.2. The Morgan fingerprint density at radius 2 is 2.17 bits per heavy atom. The number of nitrogens with one attached hydrogen (secondary N) is 1. The molecule has 0 saturated carbocycles. The van der Waals surface area contributed by atoms with Crippen LogP contribution in [0.4, 0.5) is 5.69 Å². The van der Waals surface area contributed by atoms with Crippen molar-refractivity contribution in [2.24, 2.45) is 7.05 Å². The molecule has 0 unspecified atom stereocenters. The van der Waals surface area contributed by atoms with Crippen LogP contribution in [0, 0.1) is 6.92 Å². The lowest BCUT2D eigenvalue weighted by molar-refractivity contribution is 0.476. The molecule has 0 aliphatic heterocycles. The molecule has 0 aliphatic carbocycles. The van der Waals surface area contributed by atoms with Gasteiger partial charge in [0.15, 0.2) is 0 Å². The highest BCUT2D eigenvalue weighted by Gasteiger charge is 2.16. The van der Waals surface area contributed by atoms with Crippen molar-refractivity contribution in [1.29, 1.82) is 0 Å². The van der Waals surface area contributed by atoms with E-state index < -0.39 is 0 Å². The number of nitrogen functional groups attached to an aromatic ring is 1. The molecule has 0 bridgehead atoms. The molecule has 0 saturated heterocycles. The second kappa shape index (κ2) is 3.53. The molecule has 5 heteroatoms. The Morgan fingerprint density at radius 1 is 1.39 bits per heavy atom. The smallest absolute Gasteiger partial charge is 0.117 e. The highest BCUT2D eigenvalue weighted by Crippen LogP contribution is 2.35. The van der Waals surface area contributed by atoms with Crippen LogP contribution in [-0.4, -0.2) is 19.9 Å². The summed E-state index contributed by atoms with van der Waals surface area (Å²) < 4.78 is 1.76. The Balaban J connectivity index is 2.39. The fraction of sp³-hybridized carbons (Fsp3) is 0.154. The number of aromatic hydroxyl groups is 1. The van der Waals surface area contributed by atoms with Gasteiger partial charge in [0.1, 0.15) is 5.75 Å². The third-order valence-corrected chi connectivity index (χ3v) is 3.17. The number of rotatable bonds is 1. The molecule has 0 fully saturated rings. The van der Waals surface area contributed by atoms with E-state index >= 15 is 0 Å². The van der Waals surface area contributed by atoms with Gasteiger partial charge in [0, 0.05) is 35.3 Å². The summed E-state index contributed by atoms with van der Waals surface area (Å²) in [5, 5.41) is 14.7. The Labute approximate surface area is 104 Å². The molecule has 2 aromatic heterocycles. The summed E-state index contributed by atoms with van der Waals surface area (Å²) in [6.07, 6.45) is 1.65. The minimum Gasteiger partial charge on any atom is -0.508 e. The number of H-pyrrole nitrogens is 1. The number of phenols is 1. The molecule has 0 aliphatic rings. The fourth-order valence-corrected chi connectivity index (χ4v) is 2.39. The van der Waals surface area contributed by atoms with E-state index in [1.165, 1.54) is 0 Å². The Bertz CT molecular complexity index is 719. The first-order valence-electron chi connectivity index (χ1n) is 5.67. The number of hydrogen-bond donors (Lipinski definition) is 3. The third kappa shape index (κ3) is 1.37. The Hall–Kier alpha value is -2.43. The van der Waals surface area contributed by atoms with E-state index in [-0.39, 0.29) is 5.75 Å². The molecule has 3 aromatic rings. The van der Waals surface area contributed by atoms with Crippen molar-refractivity contribution in [1.82, 2.24) is 14.8 Å². The van der Waals surface area contributed by atoms with Crippen molar-refractivity contribution < 1.29 is 5.11 Å². The molecule has 5 nitrogen and oxygen atoms in total. The molecular weight excluding hydrogens is 228 g/mol. The number of aromatic nitrogens is 3. The summed E-state index contributed by atoms with van der Waals surface area (Å²) in [6, 6.07) is 5.26. The van der Waals surface area contributed by atoms with E-state index in [2.05, 4.69) is 10.1 Å². The predicted octanol–water partition coefficient (Wildman–Crippen LogP) is 2.16. The molecule has 0 atom stereocenters. The predicted molar refractivity (Wildman–Crippen MR) is 71.3 cm³/mol. The number of aryl methyl sites for hydroxylation is 2. The van der Waals surface area contributed by atoms with Crippen LogP contribution in [0.1, 0.15) is 5.69 Å². The second-order valence-electron chi connectivity index (χ2n) is 4.43. The van der Waals surface area contributed by atoms with Crippen LogP contribution in [-0.2, 0) is 7.05 Å². The summed E-state index contributed by atoms with van der Waals surface area (Å²) >= 11 is 0. The molecule has 1 aromatic carbocycles. The number of nitrogens with two attached hydrogens (primary N) is 1. The lowest BCUT2D eigenvalue weighted by Gasteiger charge is -2.04. The highest BCUT2D eigenvalue weighted by molar-refractivity contribution is 5.99. The maximum atomic E-state index is 9.51. The van der Waals surface area contributed by atoms with E-state index in [0.29, 0.717) is 5.69 Å². The van der Waals surface area contributed by atoms with E-state index in [1.54, 1.807) is 23.0 Å². The maximum Gasteiger partial charge on any atom is 0.117 e. The Morgan fingerprint density at radius 3 is 2.83 bits per heavy atom. The first-order valence-corrected chi connectivity index (χ1v) is 5.67. The average Bonchev–Trinajstić information content (AvgIpc) is 2.79. The molecule has 18 heavy (non-hydrogen) atoms. The van der Waals surface area contributed by atoms with Gasteiger partial charge < -0.3 is 15.8 Å². The van der Waals surface area contributed by atoms with Gasteiger partial charge >= 0.3 is 0 Å². The molecular formula is C13H14N4O. The van der Waals surface area contributed by atoms with Gasteiger partial charge in [-0.05, 0) is 19.1 Å². The number of anilines is 1. The molecule has 3 rings (SSSR count). The summed E-state index contributed by atoms with van der Waals surface area (Å²) in [4.78, 5) is 3.25. The summed E-state index contributed by atoms with van der Waals surface area (Å²) in [7, 11) is 1.87. The van der Waals surface area contributed by atoms with Crippen molar-refractivity contribution in [2.45, 2.75) is 6.92 Å². The van der Waals surface area contributed by atoms with Gasteiger partial charge in [0.25, 0.3) is 0 Å². The number of aromatic amines is 1. The number of benzene rings is 1. The normalized spacial score (nSPS) is 11.2. The SMILES string of the molecule is Cc1[nH]c2cc(O)ccc2c1-c1c(N)cnn1C. The van der Waals surface area contributed by atoms with Crippen LogP contribution in [0.15, 0.2) is 24.4 Å². The lowest BCUT2D eigenvalue weighted by atomic mass is 10.1. The van der Waals surface area contributed by atoms with Gasteiger partial charge in [0.2, 0.25) is 0 Å². The molecule has 0 spiro atoms. The number of nitrogens with zero attached hydrogens (tertiary/aromatic N) is 2. The average molecular weight is 242 g/mol. The van der Waals surface area contributed by atoms with E-state index in [9.17, 15) is 5.11 Å². The van der Waals surface area contributed by atoms with E-state index in [4.69, 9.17) is 5.73 Å². The third-order valence-electron chi connectivity index (χ3n) is 3.17. The topological polar surface area (TPSA) is 79.9 Å². The maximum absolute atomic E-state index is 9.51. The molecule has 4 N–H and O–H groups in total. The quantitative estimate of drug-likeness (QED) is 0.611. The van der Waals surface area contributed by atoms with Gasteiger partial charge in [-0.25, -0.2) is 0 Å². The van der Waals surface area contributed by atoms with E-state index in [0.717, 1.165) is 27.9 Å². The fourth-order valence-electron chi connectivity index (χ4n) is 2.39. The summed E-state index contributed by atoms with van der Waals surface area (Å²) in [6.45, 7) is 1.98. The van der Waals surface area contributed by atoms with Crippen molar-refractivity contribution >= 4 is 16.6 Å². The monoisotopic (exact) mass is 242 g/mol. The lowest BCUT2D eigenvalue weighted by Crippen LogP contribution is -1.96. The van der Waals surface area contributed by atoms with Crippen molar-refractivity contribution in [3.05, 3.63) is 30.1 Å². The van der Waals surface area contributed by atoms with Gasteiger partial charge in [-0.3, -0.25) is 4.68 Å². The van der Waals surface area contributed by atoms with Crippen LogP contribution in [0.5, 0.6) is 5.75 Å². The van der Waals surface area contributed by atoms with Gasteiger partial charge in [-0.1, -0.05) is 0 Å². The first-order chi connectivity index (χ1) is 8.58. The number of phenolic OH excluding ortho intramolecular Hbond substituents is 1. The molecule has 92 valence electrons. The van der Waals surface area contributed by atoms with Gasteiger partial charge in [-0.15, -0.1) is 0 Å². The van der Waals surface area contributed by atoms with Crippen LogP contribution in [0.3, 0.4) is 0 Å². The minimum atomic E-state index is 0.244. The zero-order chi connectivity index (χ0) is 12.9. The molecule has 0 amide bonds. The van der Waals surface area contributed by atoms with Crippen LogP contribution in [0.25, 0.3) is 22.2 Å². The highest BCUT2D eigenvalue weighted by atomic mass is 16.3.